The van der Waals surface area contributed by atoms with Crippen LogP contribution in [0.3, 0.4) is 0 Å². The van der Waals surface area contributed by atoms with Gasteiger partial charge in [0.2, 0.25) is 5.95 Å². The summed E-state index contributed by atoms with van der Waals surface area (Å²) in [6.45, 7) is 0. The predicted molar refractivity (Wildman–Crippen MR) is 201 cm³/mol. The fourth-order valence-corrected chi connectivity index (χ4v) is 7.38. The molecule has 0 amide bonds. The van der Waals surface area contributed by atoms with E-state index in [1.54, 1.807) is 0 Å². The van der Waals surface area contributed by atoms with E-state index in [1.165, 1.54) is 38.1 Å². The number of benzene rings is 7. The highest BCUT2D eigenvalue weighted by Crippen LogP contribution is 2.37. The van der Waals surface area contributed by atoms with Gasteiger partial charge in [-0.15, -0.1) is 10.2 Å². The summed E-state index contributed by atoms with van der Waals surface area (Å²) >= 11 is 0. The molecule has 0 aliphatic heterocycles. The molecule has 0 fully saturated rings. The van der Waals surface area contributed by atoms with Gasteiger partial charge in [0.05, 0.1) is 27.8 Å². The number of nitrogens with zero attached hydrogens (tertiary/aromatic N) is 5. The first-order chi connectivity index (χ1) is 24.3. The Balaban J connectivity index is 1.11. The van der Waals surface area contributed by atoms with Gasteiger partial charge in [-0.3, -0.25) is 9.13 Å². The van der Waals surface area contributed by atoms with E-state index in [-0.39, 0.29) is 0 Å². The van der Waals surface area contributed by atoms with Gasteiger partial charge in [0.25, 0.3) is 0 Å². The van der Waals surface area contributed by atoms with Crippen LogP contribution in [0.5, 0.6) is 0 Å². The van der Waals surface area contributed by atoms with Gasteiger partial charge in [0, 0.05) is 32.8 Å². The van der Waals surface area contributed by atoms with Crippen molar-refractivity contribution in [1.82, 2.24) is 23.9 Å². The van der Waals surface area contributed by atoms with Crippen molar-refractivity contribution in [2.75, 3.05) is 0 Å². The lowest BCUT2D eigenvalue weighted by Gasteiger charge is -2.13. The topological polar surface area (TPSA) is 40.6 Å². The third-order valence-corrected chi connectivity index (χ3v) is 9.60. The Morgan fingerprint density at radius 2 is 0.755 bits per heavy atom. The first kappa shape index (κ1) is 27.4. The monoisotopic (exact) mass is 627 g/mol. The zero-order valence-corrected chi connectivity index (χ0v) is 26.5. The van der Waals surface area contributed by atoms with Crippen LogP contribution in [-0.4, -0.2) is 23.9 Å². The van der Waals surface area contributed by atoms with Gasteiger partial charge < -0.3 is 4.57 Å². The first-order valence-corrected chi connectivity index (χ1v) is 16.5. The van der Waals surface area contributed by atoms with E-state index in [2.05, 4.69) is 184 Å². The number of hydrogen-bond acceptors (Lipinski definition) is 2. The summed E-state index contributed by atoms with van der Waals surface area (Å²) in [5, 5.41) is 14.5. The maximum Gasteiger partial charge on any atom is 0.241 e. The lowest BCUT2D eigenvalue weighted by molar-refractivity contribution is 0.933. The molecule has 0 radical (unpaired) electrons. The van der Waals surface area contributed by atoms with Crippen molar-refractivity contribution in [3.05, 3.63) is 176 Å². The van der Waals surface area contributed by atoms with Gasteiger partial charge in [0.1, 0.15) is 0 Å². The van der Waals surface area contributed by atoms with Crippen LogP contribution in [0, 0.1) is 0 Å². The van der Waals surface area contributed by atoms with E-state index in [1.807, 2.05) is 6.07 Å². The van der Waals surface area contributed by atoms with Crippen molar-refractivity contribution in [3.8, 4) is 39.8 Å². The SMILES string of the molecule is c1ccc(-n2c(-c3ccc(-c4ccc5c(c4)c4ccccc4n5-c4ccccc4)cc3)nnc2-n2c3ccccc3c3ccccc32)cc1. The zero-order valence-electron chi connectivity index (χ0n) is 26.5. The lowest BCUT2D eigenvalue weighted by atomic mass is 10.0. The van der Waals surface area contributed by atoms with Crippen molar-refractivity contribution in [2.24, 2.45) is 0 Å². The smallest absolute Gasteiger partial charge is 0.241 e. The molecule has 0 unspecified atom stereocenters. The Hall–Kier alpha value is -6.72. The van der Waals surface area contributed by atoms with Crippen molar-refractivity contribution >= 4 is 43.6 Å². The molecule has 0 aliphatic carbocycles. The lowest BCUT2D eigenvalue weighted by Crippen LogP contribution is -2.06. The Kier molecular flexibility index (Phi) is 6.11. The van der Waals surface area contributed by atoms with Crippen molar-refractivity contribution < 1.29 is 0 Å². The molecule has 0 atom stereocenters. The number of hydrogen-bond donors (Lipinski definition) is 0. The highest BCUT2D eigenvalue weighted by atomic mass is 15.4. The quantitative estimate of drug-likeness (QED) is 0.190. The molecule has 5 heteroatoms. The zero-order chi connectivity index (χ0) is 32.3. The standard InChI is InChI=1S/C44H29N5/c1-3-13-33(14-4-1)47-39-20-10-9-19-37(39)38-29-32(27-28-42(38)47)30-23-25-31(26-24-30)43-45-46-44(48(43)34-15-5-2-6-16-34)49-40-21-11-7-17-35(40)36-18-8-12-22-41(36)49/h1-29H. The largest absolute Gasteiger partial charge is 0.309 e. The second-order valence-corrected chi connectivity index (χ2v) is 12.4. The molecule has 0 spiro atoms. The molecule has 10 rings (SSSR count). The van der Waals surface area contributed by atoms with Crippen LogP contribution in [0.4, 0.5) is 0 Å². The summed E-state index contributed by atoms with van der Waals surface area (Å²) in [5.41, 5.74) is 10.1. The molecule has 49 heavy (non-hydrogen) atoms. The molecule has 0 aliphatic rings. The van der Waals surface area contributed by atoms with Gasteiger partial charge in [0.15, 0.2) is 5.82 Å². The molecule has 0 saturated carbocycles. The van der Waals surface area contributed by atoms with Crippen LogP contribution >= 0.6 is 0 Å². The van der Waals surface area contributed by atoms with Crippen LogP contribution in [-0.2, 0) is 0 Å². The predicted octanol–water partition coefficient (Wildman–Crippen LogP) is 10.8. The average Bonchev–Trinajstić information content (AvgIpc) is 3.86. The van der Waals surface area contributed by atoms with Crippen LogP contribution in [0.15, 0.2) is 176 Å². The van der Waals surface area contributed by atoms with E-state index in [4.69, 9.17) is 10.2 Å². The summed E-state index contributed by atoms with van der Waals surface area (Å²) in [4.78, 5) is 0. The number of para-hydroxylation sites is 5. The minimum atomic E-state index is 0.753. The number of aromatic nitrogens is 5. The van der Waals surface area contributed by atoms with Gasteiger partial charge in [-0.25, -0.2) is 0 Å². The minimum Gasteiger partial charge on any atom is -0.309 e. The maximum absolute atomic E-state index is 4.86. The summed E-state index contributed by atoms with van der Waals surface area (Å²) in [6, 6.07) is 62.1. The summed E-state index contributed by atoms with van der Waals surface area (Å²) < 4.78 is 6.74. The van der Waals surface area contributed by atoms with Crippen LogP contribution < -0.4 is 0 Å². The van der Waals surface area contributed by atoms with Gasteiger partial charge in [-0.1, -0.05) is 121 Å². The highest BCUT2D eigenvalue weighted by Gasteiger charge is 2.21. The Labute approximate surface area is 282 Å². The molecular formula is C44H29N5. The molecule has 0 bridgehead atoms. The molecule has 3 heterocycles. The van der Waals surface area contributed by atoms with E-state index < -0.39 is 0 Å². The Morgan fingerprint density at radius 1 is 0.306 bits per heavy atom. The number of rotatable bonds is 5. The van der Waals surface area contributed by atoms with Crippen LogP contribution in [0.25, 0.3) is 83.4 Å². The first-order valence-electron chi connectivity index (χ1n) is 16.5. The molecule has 3 aromatic heterocycles. The highest BCUT2D eigenvalue weighted by molar-refractivity contribution is 6.11. The summed E-state index contributed by atoms with van der Waals surface area (Å²) in [7, 11) is 0. The molecule has 5 nitrogen and oxygen atoms in total. The fraction of sp³-hybridized carbons (Fsp3) is 0. The Bertz CT molecular complexity index is 2750. The molecule has 7 aromatic carbocycles. The van der Waals surface area contributed by atoms with Crippen LogP contribution in [0.1, 0.15) is 0 Å². The summed E-state index contributed by atoms with van der Waals surface area (Å²) in [5.74, 6) is 1.54. The normalized spacial score (nSPS) is 11.7. The minimum absolute atomic E-state index is 0.753. The van der Waals surface area contributed by atoms with Crippen molar-refractivity contribution in [2.45, 2.75) is 0 Å². The number of fused-ring (bicyclic) bond motifs is 6. The van der Waals surface area contributed by atoms with Crippen LogP contribution in [0.2, 0.25) is 0 Å². The van der Waals surface area contributed by atoms with E-state index in [0.717, 1.165) is 45.3 Å². The molecular weight excluding hydrogens is 599 g/mol. The van der Waals surface area contributed by atoms with Crippen molar-refractivity contribution in [3.63, 3.8) is 0 Å². The second kappa shape index (κ2) is 10.9. The van der Waals surface area contributed by atoms with E-state index >= 15 is 0 Å². The third-order valence-electron chi connectivity index (χ3n) is 9.60. The molecule has 10 aromatic rings. The second-order valence-electron chi connectivity index (χ2n) is 12.4. The third kappa shape index (κ3) is 4.26. The molecule has 230 valence electrons. The van der Waals surface area contributed by atoms with Gasteiger partial charge >= 0.3 is 0 Å². The maximum atomic E-state index is 4.86. The summed E-state index contributed by atoms with van der Waals surface area (Å²) in [6.07, 6.45) is 0. The molecule has 0 N–H and O–H groups in total. The van der Waals surface area contributed by atoms with Crippen molar-refractivity contribution in [1.29, 1.82) is 0 Å². The fourth-order valence-electron chi connectivity index (χ4n) is 7.38. The van der Waals surface area contributed by atoms with E-state index in [0.29, 0.717) is 0 Å². The average molecular weight is 628 g/mol. The van der Waals surface area contributed by atoms with Gasteiger partial charge in [-0.05, 0) is 65.7 Å². The van der Waals surface area contributed by atoms with E-state index in [9.17, 15) is 0 Å². The van der Waals surface area contributed by atoms with Gasteiger partial charge in [-0.2, -0.15) is 0 Å². The Morgan fingerprint density at radius 3 is 1.37 bits per heavy atom. The molecule has 0 saturated heterocycles.